The van der Waals surface area contributed by atoms with E-state index in [9.17, 15) is 27.9 Å². The molecular formula is C29H24F3NO5. The van der Waals surface area contributed by atoms with Crippen molar-refractivity contribution in [2.75, 3.05) is 6.61 Å². The SMILES string of the molecule is O=C(N[C@@H](COCc1ccccc1)C(=O)O)c1ccc2ccccc2c1OCc1ccc(C(F)(F)F)cc1. The number of aliphatic carboxylic acids is 1. The fraction of sp³-hybridized carbons (Fsp3) is 0.172. The number of fused-ring (bicyclic) bond motifs is 1. The zero-order valence-electron chi connectivity index (χ0n) is 20.1. The monoisotopic (exact) mass is 523 g/mol. The van der Waals surface area contributed by atoms with Crippen molar-refractivity contribution in [3.63, 3.8) is 0 Å². The van der Waals surface area contributed by atoms with Crippen molar-refractivity contribution in [3.8, 4) is 5.75 Å². The first kappa shape index (κ1) is 26.7. The molecule has 0 fully saturated rings. The average molecular weight is 524 g/mol. The van der Waals surface area contributed by atoms with Crippen LogP contribution in [0, 0.1) is 0 Å². The largest absolute Gasteiger partial charge is 0.487 e. The van der Waals surface area contributed by atoms with Gasteiger partial charge in [0.15, 0.2) is 6.04 Å². The highest BCUT2D eigenvalue weighted by molar-refractivity contribution is 6.04. The Morgan fingerprint density at radius 1 is 0.816 bits per heavy atom. The maximum absolute atomic E-state index is 13.2. The molecule has 38 heavy (non-hydrogen) atoms. The van der Waals surface area contributed by atoms with Crippen LogP contribution in [0.15, 0.2) is 91.0 Å². The zero-order valence-corrected chi connectivity index (χ0v) is 20.1. The van der Waals surface area contributed by atoms with Crippen LogP contribution in [-0.2, 0) is 28.9 Å². The molecule has 4 rings (SSSR count). The first-order chi connectivity index (χ1) is 18.2. The first-order valence-corrected chi connectivity index (χ1v) is 11.7. The number of nitrogens with one attached hydrogen (secondary N) is 1. The second-order valence-electron chi connectivity index (χ2n) is 8.51. The molecule has 0 bridgehead atoms. The zero-order chi connectivity index (χ0) is 27.1. The number of carbonyl (C=O) groups excluding carboxylic acids is 1. The van der Waals surface area contributed by atoms with Gasteiger partial charge in [0, 0.05) is 5.39 Å². The number of carbonyl (C=O) groups is 2. The van der Waals surface area contributed by atoms with Crippen molar-refractivity contribution in [2.45, 2.75) is 25.4 Å². The fourth-order valence-electron chi connectivity index (χ4n) is 3.80. The van der Waals surface area contributed by atoms with Gasteiger partial charge in [-0.15, -0.1) is 0 Å². The minimum atomic E-state index is -4.45. The molecule has 0 spiro atoms. The Morgan fingerprint density at radius 2 is 1.47 bits per heavy atom. The Bertz CT molecular complexity index is 1410. The molecule has 0 aliphatic carbocycles. The van der Waals surface area contributed by atoms with E-state index in [0.717, 1.165) is 23.1 Å². The van der Waals surface area contributed by atoms with Gasteiger partial charge >= 0.3 is 12.1 Å². The normalized spacial score (nSPS) is 12.2. The number of rotatable bonds is 10. The summed E-state index contributed by atoms with van der Waals surface area (Å²) in [7, 11) is 0. The maximum Gasteiger partial charge on any atom is 0.416 e. The summed E-state index contributed by atoms with van der Waals surface area (Å²) >= 11 is 0. The highest BCUT2D eigenvalue weighted by Crippen LogP contribution is 2.32. The van der Waals surface area contributed by atoms with Gasteiger partial charge in [0.05, 0.1) is 24.3 Å². The Hall–Kier alpha value is -4.37. The van der Waals surface area contributed by atoms with Gasteiger partial charge in [-0.1, -0.05) is 72.8 Å². The molecular weight excluding hydrogens is 499 g/mol. The third-order valence-electron chi connectivity index (χ3n) is 5.79. The van der Waals surface area contributed by atoms with E-state index in [1.807, 2.05) is 42.5 Å². The Kier molecular flexibility index (Phi) is 8.28. The summed E-state index contributed by atoms with van der Waals surface area (Å²) in [6, 6.07) is 22.8. The summed E-state index contributed by atoms with van der Waals surface area (Å²) in [5.74, 6) is -1.76. The van der Waals surface area contributed by atoms with E-state index in [2.05, 4.69) is 5.32 Å². The summed E-state index contributed by atoms with van der Waals surface area (Å²) in [4.78, 5) is 25.0. The van der Waals surface area contributed by atoms with Gasteiger partial charge in [-0.3, -0.25) is 4.79 Å². The third kappa shape index (κ3) is 6.68. The van der Waals surface area contributed by atoms with Gasteiger partial charge in [-0.2, -0.15) is 13.2 Å². The predicted molar refractivity (Wildman–Crippen MR) is 135 cm³/mol. The van der Waals surface area contributed by atoms with Crippen molar-refractivity contribution in [1.29, 1.82) is 0 Å². The molecule has 4 aromatic rings. The predicted octanol–water partition coefficient (Wildman–Crippen LogP) is 5.84. The van der Waals surface area contributed by atoms with Crippen LogP contribution in [0.5, 0.6) is 5.75 Å². The first-order valence-electron chi connectivity index (χ1n) is 11.7. The molecule has 0 unspecified atom stereocenters. The number of carboxylic acid groups (broad SMARTS) is 1. The Balaban J connectivity index is 1.52. The van der Waals surface area contributed by atoms with Gasteiger partial charge in [-0.25, -0.2) is 4.79 Å². The summed E-state index contributed by atoms with van der Waals surface area (Å²) in [6.45, 7) is -0.182. The summed E-state index contributed by atoms with van der Waals surface area (Å²) < 4.78 is 50.1. The minimum absolute atomic E-state index is 0.0879. The standard InChI is InChI=1S/C29H24F3NO5/c30-29(31,32)22-13-10-20(11-14-22)17-38-26-23-9-5-4-8-21(23)12-15-24(26)27(34)33-25(28(35)36)18-37-16-19-6-2-1-3-7-19/h1-15,25H,16-18H2,(H,33,34)(H,35,36)/t25-/m0/s1. The maximum atomic E-state index is 13.2. The number of hydrogen-bond donors (Lipinski definition) is 2. The molecule has 9 heteroatoms. The number of benzene rings is 4. The van der Waals surface area contributed by atoms with E-state index in [4.69, 9.17) is 9.47 Å². The molecule has 0 saturated heterocycles. The third-order valence-corrected chi connectivity index (χ3v) is 5.79. The van der Waals surface area contributed by atoms with E-state index >= 15 is 0 Å². The number of alkyl halides is 3. The highest BCUT2D eigenvalue weighted by atomic mass is 19.4. The molecule has 0 heterocycles. The number of halogens is 3. The van der Waals surface area contributed by atoms with Gasteiger partial charge in [0.1, 0.15) is 12.4 Å². The van der Waals surface area contributed by atoms with E-state index < -0.39 is 29.7 Å². The molecule has 1 atom stereocenters. The smallest absolute Gasteiger partial charge is 0.416 e. The lowest BCUT2D eigenvalue weighted by atomic mass is 10.0. The van der Waals surface area contributed by atoms with Crippen molar-refractivity contribution >= 4 is 22.6 Å². The lowest BCUT2D eigenvalue weighted by Crippen LogP contribution is -2.44. The molecule has 6 nitrogen and oxygen atoms in total. The fourth-order valence-corrected chi connectivity index (χ4v) is 3.80. The van der Waals surface area contributed by atoms with Crippen LogP contribution < -0.4 is 10.1 Å². The lowest BCUT2D eigenvalue weighted by Gasteiger charge is -2.18. The molecule has 0 aliphatic heterocycles. The van der Waals surface area contributed by atoms with Crippen molar-refractivity contribution < 1.29 is 37.3 Å². The molecule has 2 N–H and O–H groups in total. The summed E-state index contributed by atoms with van der Waals surface area (Å²) in [6.07, 6.45) is -4.45. The Labute approximate surface area is 216 Å². The number of hydrogen-bond acceptors (Lipinski definition) is 4. The summed E-state index contributed by atoms with van der Waals surface area (Å²) in [5, 5.41) is 13.5. The molecule has 0 aliphatic rings. The number of amides is 1. The van der Waals surface area contributed by atoms with E-state index in [1.165, 1.54) is 18.2 Å². The van der Waals surface area contributed by atoms with Crippen LogP contribution in [0.25, 0.3) is 10.8 Å². The molecule has 0 aromatic heterocycles. The second kappa shape index (κ2) is 11.8. The van der Waals surface area contributed by atoms with Gasteiger partial charge in [0.2, 0.25) is 0 Å². The van der Waals surface area contributed by atoms with Gasteiger partial charge < -0.3 is 19.9 Å². The van der Waals surface area contributed by atoms with Crippen molar-refractivity contribution in [1.82, 2.24) is 5.32 Å². The number of carboxylic acids is 1. The van der Waals surface area contributed by atoms with E-state index in [-0.39, 0.29) is 31.1 Å². The molecule has 1 amide bonds. The van der Waals surface area contributed by atoms with Crippen molar-refractivity contribution in [3.05, 3.63) is 113 Å². The van der Waals surface area contributed by atoms with Gasteiger partial charge in [0.25, 0.3) is 5.91 Å². The molecule has 196 valence electrons. The van der Waals surface area contributed by atoms with E-state index in [1.54, 1.807) is 18.2 Å². The van der Waals surface area contributed by atoms with Crippen LogP contribution in [-0.4, -0.2) is 29.6 Å². The molecule has 0 saturated carbocycles. The second-order valence-corrected chi connectivity index (χ2v) is 8.51. The summed E-state index contributed by atoms with van der Waals surface area (Å²) in [5.41, 5.74) is 0.636. The molecule has 0 radical (unpaired) electrons. The highest BCUT2D eigenvalue weighted by Gasteiger charge is 2.30. The van der Waals surface area contributed by atoms with Crippen LogP contribution in [0.4, 0.5) is 13.2 Å². The molecule has 4 aromatic carbocycles. The Morgan fingerprint density at radius 3 is 2.16 bits per heavy atom. The van der Waals surface area contributed by atoms with Gasteiger partial charge in [-0.05, 0) is 34.7 Å². The lowest BCUT2D eigenvalue weighted by molar-refractivity contribution is -0.141. The van der Waals surface area contributed by atoms with Crippen LogP contribution in [0.3, 0.4) is 0 Å². The van der Waals surface area contributed by atoms with E-state index in [0.29, 0.717) is 10.9 Å². The quantitative estimate of drug-likeness (QED) is 0.273. The minimum Gasteiger partial charge on any atom is -0.487 e. The number of ether oxygens (including phenoxy) is 2. The topological polar surface area (TPSA) is 84.9 Å². The van der Waals surface area contributed by atoms with Crippen LogP contribution in [0.1, 0.15) is 27.0 Å². The van der Waals surface area contributed by atoms with Crippen LogP contribution >= 0.6 is 0 Å². The average Bonchev–Trinajstić information content (AvgIpc) is 2.91. The van der Waals surface area contributed by atoms with Crippen LogP contribution in [0.2, 0.25) is 0 Å². The van der Waals surface area contributed by atoms with Crippen molar-refractivity contribution in [2.24, 2.45) is 0 Å².